The van der Waals surface area contributed by atoms with Gasteiger partial charge in [0.2, 0.25) is 0 Å². The maximum Gasteiger partial charge on any atom is 0.0401 e. The Morgan fingerprint density at radius 2 is 1.95 bits per heavy atom. The van der Waals surface area contributed by atoms with Gasteiger partial charge >= 0.3 is 0 Å². The van der Waals surface area contributed by atoms with E-state index in [1.165, 1.54) is 57.2 Å². The fourth-order valence-corrected chi connectivity index (χ4v) is 4.74. The first-order valence-electron chi connectivity index (χ1n) is 8.15. The lowest BCUT2D eigenvalue weighted by atomic mass is 9.74. The smallest absolute Gasteiger partial charge is 0.0401 e. The molecule has 1 fully saturated rings. The minimum absolute atomic E-state index is 0.497. The number of aryl methyl sites for hydroxylation is 1. The van der Waals surface area contributed by atoms with E-state index >= 15 is 0 Å². The molecule has 0 aromatic heterocycles. The van der Waals surface area contributed by atoms with Crippen LogP contribution in [-0.4, -0.2) is 17.9 Å². The molecule has 2 heteroatoms. The first-order chi connectivity index (χ1) is 9.74. The Bertz CT molecular complexity index is 450. The Labute approximate surface area is 131 Å². The Morgan fingerprint density at radius 1 is 1.20 bits per heavy atom. The molecule has 1 heterocycles. The van der Waals surface area contributed by atoms with Crippen LogP contribution < -0.4 is 4.90 Å². The molecule has 1 aliphatic heterocycles. The van der Waals surface area contributed by atoms with Gasteiger partial charge in [-0.15, -0.1) is 0 Å². The van der Waals surface area contributed by atoms with Crippen molar-refractivity contribution >= 4 is 21.6 Å². The summed E-state index contributed by atoms with van der Waals surface area (Å²) in [6.45, 7) is 3.64. The van der Waals surface area contributed by atoms with Crippen LogP contribution in [0.25, 0.3) is 0 Å². The van der Waals surface area contributed by atoms with Crippen molar-refractivity contribution in [1.29, 1.82) is 0 Å². The zero-order valence-corrected chi connectivity index (χ0v) is 14.2. The molecular formula is C18H26BrN. The second-order valence-electron chi connectivity index (χ2n) is 6.84. The third-order valence-electron chi connectivity index (χ3n) is 5.37. The van der Waals surface area contributed by atoms with Gasteiger partial charge in [0.1, 0.15) is 0 Å². The highest BCUT2D eigenvalue weighted by molar-refractivity contribution is 9.09. The quantitative estimate of drug-likeness (QED) is 0.688. The summed E-state index contributed by atoms with van der Waals surface area (Å²) < 4.78 is 0. The summed E-state index contributed by atoms with van der Waals surface area (Å²) in [5.74, 6) is 0. The SMILES string of the molecule is CC1CCc2ccccc2N1CC1(CBr)CCCCC1. The predicted molar refractivity (Wildman–Crippen MR) is 90.9 cm³/mol. The Balaban J connectivity index is 1.85. The van der Waals surface area contributed by atoms with E-state index in [1.807, 2.05) is 0 Å². The summed E-state index contributed by atoms with van der Waals surface area (Å²) in [6, 6.07) is 9.72. The zero-order chi connectivity index (χ0) is 14.0. The number of hydrogen-bond donors (Lipinski definition) is 0. The summed E-state index contributed by atoms with van der Waals surface area (Å²) in [7, 11) is 0. The molecule has 1 aromatic rings. The van der Waals surface area contributed by atoms with Crippen molar-refractivity contribution in [2.24, 2.45) is 5.41 Å². The number of nitrogens with zero attached hydrogens (tertiary/aromatic N) is 1. The molecule has 3 rings (SSSR count). The third kappa shape index (κ3) is 2.77. The van der Waals surface area contributed by atoms with Crippen LogP contribution >= 0.6 is 15.9 Å². The van der Waals surface area contributed by atoms with Gasteiger partial charge < -0.3 is 4.90 Å². The van der Waals surface area contributed by atoms with Crippen LogP contribution in [0.4, 0.5) is 5.69 Å². The number of para-hydroxylation sites is 1. The van der Waals surface area contributed by atoms with Gasteiger partial charge in [0.15, 0.2) is 0 Å². The molecule has 0 radical (unpaired) electrons. The number of rotatable bonds is 3. The maximum absolute atomic E-state index is 3.83. The van der Waals surface area contributed by atoms with E-state index in [4.69, 9.17) is 0 Å². The minimum atomic E-state index is 0.497. The molecule has 1 saturated carbocycles. The van der Waals surface area contributed by atoms with Crippen molar-refractivity contribution < 1.29 is 0 Å². The van der Waals surface area contributed by atoms with Gasteiger partial charge in [-0.2, -0.15) is 0 Å². The molecule has 0 bridgehead atoms. The number of halogens is 1. The second-order valence-corrected chi connectivity index (χ2v) is 7.40. The summed E-state index contributed by atoms with van der Waals surface area (Å²) >= 11 is 3.83. The largest absolute Gasteiger partial charge is 0.368 e. The molecule has 1 aliphatic carbocycles. The van der Waals surface area contributed by atoms with Crippen molar-refractivity contribution in [3.8, 4) is 0 Å². The van der Waals surface area contributed by atoms with Gasteiger partial charge in [0, 0.05) is 23.6 Å². The molecule has 0 amide bonds. The molecule has 1 atom stereocenters. The lowest BCUT2D eigenvalue weighted by molar-refractivity contribution is 0.223. The molecule has 1 unspecified atom stereocenters. The van der Waals surface area contributed by atoms with E-state index < -0.39 is 0 Å². The van der Waals surface area contributed by atoms with Crippen LogP contribution in [0.5, 0.6) is 0 Å². The lowest BCUT2D eigenvalue weighted by Crippen LogP contribution is -2.46. The molecule has 20 heavy (non-hydrogen) atoms. The molecule has 110 valence electrons. The van der Waals surface area contributed by atoms with Gasteiger partial charge in [-0.05, 0) is 49.7 Å². The van der Waals surface area contributed by atoms with Crippen LogP contribution in [0, 0.1) is 5.41 Å². The van der Waals surface area contributed by atoms with Gasteiger partial charge in [-0.25, -0.2) is 0 Å². The van der Waals surface area contributed by atoms with E-state index in [0.29, 0.717) is 11.5 Å². The lowest BCUT2D eigenvalue weighted by Gasteiger charge is -2.45. The molecule has 2 aliphatic rings. The summed E-state index contributed by atoms with van der Waals surface area (Å²) in [5, 5.41) is 1.16. The van der Waals surface area contributed by atoms with Gasteiger partial charge in [-0.1, -0.05) is 53.4 Å². The first kappa shape index (κ1) is 14.4. The van der Waals surface area contributed by atoms with Crippen LogP contribution in [0.3, 0.4) is 0 Å². The van der Waals surface area contributed by atoms with Crippen LogP contribution in [-0.2, 0) is 6.42 Å². The number of anilines is 1. The van der Waals surface area contributed by atoms with E-state index in [1.54, 1.807) is 5.56 Å². The first-order valence-corrected chi connectivity index (χ1v) is 9.27. The van der Waals surface area contributed by atoms with Crippen molar-refractivity contribution in [3.05, 3.63) is 29.8 Å². The molecule has 0 N–H and O–H groups in total. The average Bonchev–Trinajstić information content (AvgIpc) is 2.51. The van der Waals surface area contributed by atoms with Crippen LogP contribution in [0.1, 0.15) is 51.0 Å². The highest BCUT2D eigenvalue weighted by Crippen LogP contribution is 2.41. The monoisotopic (exact) mass is 335 g/mol. The highest BCUT2D eigenvalue weighted by Gasteiger charge is 2.35. The number of fused-ring (bicyclic) bond motifs is 1. The number of hydrogen-bond acceptors (Lipinski definition) is 1. The average molecular weight is 336 g/mol. The standard InChI is InChI=1S/C18H26BrN/c1-15-9-10-16-7-3-4-8-17(16)20(15)14-18(13-19)11-5-2-6-12-18/h3-4,7-8,15H,2,5-6,9-14H2,1H3. The van der Waals surface area contributed by atoms with Gasteiger partial charge in [0.25, 0.3) is 0 Å². The predicted octanol–water partition coefficient (Wildman–Crippen LogP) is 5.17. The number of alkyl halides is 1. The number of benzene rings is 1. The Kier molecular flexibility index (Phi) is 4.40. The van der Waals surface area contributed by atoms with Gasteiger partial charge in [-0.3, -0.25) is 0 Å². The van der Waals surface area contributed by atoms with Crippen molar-refractivity contribution in [2.45, 2.75) is 57.9 Å². The fourth-order valence-electron chi connectivity index (χ4n) is 4.00. The highest BCUT2D eigenvalue weighted by atomic mass is 79.9. The molecular weight excluding hydrogens is 310 g/mol. The van der Waals surface area contributed by atoms with E-state index in [-0.39, 0.29) is 0 Å². The Hall–Kier alpha value is -0.500. The third-order valence-corrected chi connectivity index (χ3v) is 6.56. The van der Waals surface area contributed by atoms with Crippen molar-refractivity contribution in [1.82, 2.24) is 0 Å². The minimum Gasteiger partial charge on any atom is -0.368 e. The van der Waals surface area contributed by atoms with E-state index in [9.17, 15) is 0 Å². The Morgan fingerprint density at radius 3 is 2.70 bits per heavy atom. The summed E-state index contributed by atoms with van der Waals surface area (Å²) in [6.07, 6.45) is 9.59. The van der Waals surface area contributed by atoms with Gasteiger partial charge in [0.05, 0.1) is 0 Å². The molecule has 1 aromatic carbocycles. The van der Waals surface area contributed by atoms with E-state index in [0.717, 1.165) is 5.33 Å². The van der Waals surface area contributed by atoms with Crippen LogP contribution in [0.15, 0.2) is 24.3 Å². The van der Waals surface area contributed by atoms with Crippen molar-refractivity contribution in [3.63, 3.8) is 0 Å². The normalized spacial score (nSPS) is 25.3. The second kappa shape index (κ2) is 6.09. The molecule has 0 saturated heterocycles. The molecule has 1 nitrogen and oxygen atoms in total. The zero-order valence-electron chi connectivity index (χ0n) is 12.6. The van der Waals surface area contributed by atoms with E-state index in [2.05, 4.69) is 52.0 Å². The summed E-state index contributed by atoms with van der Waals surface area (Å²) in [5.41, 5.74) is 3.54. The topological polar surface area (TPSA) is 3.24 Å². The van der Waals surface area contributed by atoms with Crippen molar-refractivity contribution in [2.75, 3.05) is 16.8 Å². The fraction of sp³-hybridized carbons (Fsp3) is 0.667. The maximum atomic E-state index is 3.83. The van der Waals surface area contributed by atoms with Crippen LogP contribution in [0.2, 0.25) is 0 Å². The molecule has 0 spiro atoms. The summed E-state index contributed by atoms with van der Waals surface area (Å²) in [4.78, 5) is 2.70.